The second-order valence-corrected chi connectivity index (χ2v) is 5.29. The molecular weight excluding hydrogens is 278 g/mol. The molecule has 0 radical (unpaired) electrons. The molecule has 2 N–H and O–H groups in total. The van der Waals surface area contributed by atoms with Crippen LogP contribution in [0.15, 0.2) is 39.2 Å². The molecule has 0 fully saturated rings. The zero-order valence-electron chi connectivity index (χ0n) is 10.0. The highest BCUT2D eigenvalue weighted by Gasteiger charge is 2.09. The molecule has 1 heterocycles. The Morgan fingerprint density at radius 1 is 1.29 bits per heavy atom. The summed E-state index contributed by atoms with van der Waals surface area (Å²) in [5, 5.41) is 0. The van der Waals surface area contributed by atoms with Gasteiger partial charge in [0.05, 0.1) is 0 Å². The molecule has 0 aliphatic carbocycles. The summed E-state index contributed by atoms with van der Waals surface area (Å²) < 4.78 is 6.85. The van der Waals surface area contributed by atoms with E-state index in [2.05, 4.69) is 41.1 Å². The Balaban J connectivity index is 2.30. The largest absolute Gasteiger partial charge is 0.461 e. The lowest BCUT2D eigenvalue weighted by Gasteiger charge is -2.03. The van der Waals surface area contributed by atoms with E-state index in [0.717, 1.165) is 28.0 Å². The highest BCUT2D eigenvalue weighted by Crippen LogP contribution is 2.30. The Labute approximate surface area is 110 Å². The predicted molar refractivity (Wildman–Crippen MR) is 73.9 cm³/mol. The summed E-state index contributed by atoms with van der Waals surface area (Å²) in [6.45, 7) is 4.04. The van der Waals surface area contributed by atoms with Crippen molar-refractivity contribution in [2.45, 2.75) is 26.3 Å². The number of halogens is 1. The van der Waals surface area contributed by atoms with Crippen LogP contribution in [0.1, 0.15) is 18.2 Å². The lowest BCUT2D eigenvalue weighted by atomic mass is 10.1. The van der Waals surface area contributed by atoms with Crippen molar-refractivity contribution in [3.05, 3.63) is 46.1 Å². The first-order valence-electron chi connectivity index (χ1n) is 5.67. The first kappa shape index (κ1) is 12.4. The monoisotopic (exact) mass is 293 g/mol. The fourth-order valence-corrected chi connectivity index (χ4v) is 2.46. The van der Waals surface area contributed by atoms with Gasteiger partial charge in [-0.1, -0.05) is 22.0 Å². The van der Waals surface area contributed by atoms with Gasteiger partial charge in [0.2, 0.25) is 0 Å². The Bertz CT molecular complexity index is 517. The van der Waals surface area contributed by atoms with E-state index in [-0.39, 0.29) is 6.04 Å². The van der Waals surface area contributed by atoms with Gasteiger partial charge in [-0.15, -0.1) is 0 Å². The summed E-state index contributed by atoms with van der Waals surface area (Å²) in [6.07, 6.45) is 0.767. The number of hydrogen-bond donors (Lipinski definition) is 1. The van der Waals surface area contributed by atoms with Gasteiger partial charge in [0.25, 0.3) is 0 Å². The zero-order valence-corrected chi connectivity index (χ0v) is 11.6. The first-order valence-corrected chi connectivity index (χ1v) is 6.46. The molecule has 1 atom stereocenters. The highest BCUT2D eigenvalue weighted by atomic mass is 79.9. The van der Waals surface area contributed by atoms with Crippen LogP contribution in [0.4, 0.5) is 0 Å². The molecular formula is C14H16BrNO. The summed E-state index contributed by atoms with van der Waals surface area (Å²) in [4.78, 5) is 0. The molecule has 1 unspecified atom stereocenters. The molecule has 2 rings (SSSR count). The van der Waals surface area contributed by atoms with Gasteiger partial charge in [0, 0.05) is 22.5 Å². The van der Waals surface area contributed by atoms with E-state index < -0.39 is 0 Å². The van der Waals surface area contributed by atoms with Gasteiger partial charge in [-0.05, 0) is 43.7 Å². The maximum absolute atomic E-state index is 5.79. The first-order chi connectivity index (χ1) is 8.06. The minimum absolute atomic E-state index is 0.121. The second kappa shape index (κ2) is 5.07. The van der Waals surface area contributed by atoms with Crippen LogP contribution in [-0.2, 0) is 6.42 Å². The predicted octanol–water partition coefficient (Wildman–Crippen LogP) is 3.91. The summed E-state index contributed by atoms with van der Waals surface area (Å²) >= 11 is 3.56. The van der Waals surface area contributed by atoms with E-state index in [1.54, 1.807) is 0 Å². The van der Waals surface area contributed by atoms with Crippen molar-refractivity contribution < 1.29 is 4.42 Å². The maximum Gasteiger partial charge on any atom is 0.135 e. The fraction of sp³-hybridized carbons (Fsp3) is 0.286. The van der Waals surface area contributed by atoms with Crippen molar-refractivity contribution in [3.63, 3.8) is 0 Å². The Kier molecular flexibility index (Phi) is 3.69. The van der Waals surface area contributed by atoms with E-state index in [0.29, 0.717) is 0 Å². The van der Waals surface area contributed by atoms with Crippen molar-refractivity contribution in [3.8, 4) is 11.3 Å². The summed E-state index contributed by atoms with van der Waals surface area (Å²) in [6, 6.07) is 10.3. The molecule has 0 amide bonds. The van der Waals surface area contributed by atoms with E-state index in [1.165, 1.54) is 5.56 Å². The molecule has 0 aliphatic rings. The third kappa shape index (κ3) is 2.99. The number of aryl methyl sites for hydroxylation is 1. The van der Waals surface area contributed by atoms with Crippen LogP contribution < -0.4 is 5.73 Å². The lowest BCUT2D eigenvalue weighted by molar-refractivity contribution is 0.503. The van der Waals surface area contributed by atoms with Gasteiger partial charge in [0.1, 0.15) is 11.5 Å². The van der Waals surface area contributed by atoms with Gasteiger partial charge in [-0.2, -0.15) is 0 Å². The molecule has 1 aromatic carbocycles. The van der Waals surface area contributed by atoms with Crippen LogP contribution in [0.3, 0.4) is 0 Å². The van der Waals surface area contributed by atoms with Gasteiger partial charge < -0.3 is 10.2 Å². The minimum Gasteiger partial charge on any atom is -0.461 e. The Hall–Kier alpha value is -1.06. The fourth-order valence-electron chi connectivity index (χ4n) is 1.77. The Morgan fingerprint density at radius 2 is 2.06 bits per heavy atom. The van der Waals surface area contributed by atoms with Gasteiger partial charge in [-0.25, -0.2) is 0 Å². The SMILES string of the molecule is Cc1ccc(-c2ccc(CC(C)N)o2)c(Br)c1. The van der Waals surface area contributed by atoms with Crippen molar-refractivity contribution in [1.82, 2.24) is 0 Å². The summed E-state index contributed by atoms with van der Waals surface area (Å²) in [7, 11) is 0. The van der Waals surface area contributed by atoms with Crippen molar-refractivity contribution in [2.75, 3.05) is 0 Å². The summed E-state index contributed by atoms with van der Waals surface area (Å²) in [5.41, 5.74) is 8.05. The normalized spacial score (nSPS) is 12.7. The van der Waals surface area contributed by atoms with Crippen LogP contribution in [0.2, 0.25) is 0 Å². The quantitative estimate of drug-likeness (QED) is 0.932. The van der Waals surface area contributed by atoms with E-state index in [1.807, 2.05) is 19.1 Å². The molecule has 17 heavy (non-hydrogen) atoms. The lowest BCUT2D eigenvalue weighted by Crippen LogP contribution is -2.17. The number of furan rings is 1. The molecule has 1 aromatic heterocycles. The second-order valence-electron chi connectivity index (χ2n) is 4.43. The Morgan fingerprint density at radius 3 is 2.71 bits per heavy atom. The van der Waals surface area contributed by atoms with Crippen LogP contribution in [0.5, 0.6) is 0 Å². The number of nitrogens with two attached hydrogens (primary N) is 1. The van der Waals surface area contributed by atoms with Crippen molar-refractivity contribution in [2.24, 2.45) is 5.73 Å². The van der Waals surface area contributed by atoms with Crippen molar-refractivity contribution >= 4 is 15.9 Å². The molecule has 0 saturated carbocycles. The van der Waals surface area contributed by atoms with Crippen LogP contribution in [-0.4, -0.2) is 6.04 Å². The zero-order chi connectivity index (χ0) is 12.4. The molecule has 0 aliphatic heterocycles. The molecule has 0 saturated heterocycles. The topological polar surface area (TPSA) is 39.2 Å². The molecule has 2 nitrogen and oxygen atoms in total. The molecule has 2 aromatic rings. The average Bonchev–Trinajstić information content (AvgIpc) is 2.65. The molecule has 3 heteroatoms. The van der Waals surface area contributed by atoms with Crippen LogP contribution in [0.25, 0.3) is 11.3 Å². The van der Waals surface area contributed by atoms with Gasteiger partial charge in [0.15, 0.2) is 0 Å². The standard InChI is InChI=1S/C14H16BrNO/c1-9-3-5-12(13(15)7-9)14-6-4-11(17-14)8-10(2)16/h3-7,10H,8,16H2,1-2H3. The highest BCUT2D eigenvalue weighted by molar-refractivity contribution is 9.10. The van der Waals surface area contributed by atoms with E-state index in [4.69, 9.17) is 10.2 Å². The van der Waals surface area contributed by atoms with Gasteiger partial charge in [-0.3, -0.25) is 0 Å². The smallest absolute Gasteiger partial charge is 0.135 e. The third-order valence-electron chi connectivity index (χ3n) is 2.57. The van der Waals surface area contributed by atoms with E-state index in [9.17, 15) is 0 Å². The third-order valence-corrected chi connectivity index (χ3v) is 3.23. The van der Waals surface area contributed by atoms with Crippen molar-refractivity contribution in [1.29, 1.82) is 0 Å². The van der Waals surface area contributed by atoms with Crippen LogP contribution >= 0.6 is 15.9 Å². The molecule has 0 bridgehead atoms. The minimum atomic E-state index is 0.121. The van der Waals surface area contributed by atoms with E-state index >= 15 is 0 Å². The number of benzene rings is 1. The van der Waals surface area contributed by atoms with Crippen LogP contribution in [0, 0.1) is 6.92 Å². The number of rotatable bonds is 3. The summed E-state index contributed by atoms with van der Waals surface area (Å²) in [5.74, 6) is 1.81. The molecule has 90 valence electrons. The maximum atomic E-state index is 5.79. The number of hydrogen-bond acceptors (Lipinski definition) is 2. The molecule has 0 spiro atoms. The van der Waals surface area contributed by atoms with Gasteiger partial charge >= 0.3 is 0 Å². The average molecular weight is 294 g/mol.